The Labute approximate surface area is 157 Å². The lowest BCUT2D eigenvalue weighted by atomic mass is 10.0. The fourth-order valence-corrected chi connectivity index (χ4v) is 2.83. The maximum absolute atomic E-state index is 5.15. The second-order valence-electron chi connectivity index (χ2n) is 6.87. The molecule has 2 rings (SSSR count). The predicted octanol–water partition coefficient (Wildman–Crippen LogP) is 3.60. The molecule has 4 heteroatoms. The Bertz CT molecular complexity index is 568. The highest BCUT2D eigenvalue weighted by atomic mass is 16.5. The summed E-state index contributed by atoms with van der Waals surface area (Å²) < 4.78 is 10.3. The van der Waals surface area contributed by atoms with E-state index in [0.29, 0.717) is 12.1 Å². The molecule has 2 aromatic rings. The molecule has 2 unspecified atom stereocenters. The molecule has 0 heterocycles. The Morgan fingerprint density at radius 1 is 0.654 bits per heavy atom. The molecular weight excluding hydrogens is 324 g/mol. The minimum Gasteiger partial charge on any atom is -0.383 e. The highest BCUT2D eigenvalue weighted by molar-refractivity contribution is 5.63. The van der Waals surface area contributed by atoms with E-state index in [0.717, 1.165) is 26.3 Å². The lowest BCUT2D eigenvalue weighted by molar-refractivity contribution is 0.171. The zero-order valence-electron chi connectivity index (χ0n) is 16.4. The zero-order chi connectivity index (χ0) is 18.8. The first-order chi connectivity index (χ1) is 12.6. The van der Waals surface area contributed by atoms with E-state index in [1.54, 1.807) is 14.2 Å². The number of hydrogen-bond acceptors (Lipinski definition) is 4. The van der Waals surface area contributed by atoms with E-state index in [1.807, 2.05) is 0 Å². The summed E-state index contributed by atoms with van der Waals surface area (Å²) in [6.45, 7) is 7.42. The highest BCUT2D eigenvalue weighted by Crippen LogP contribution is 2.20. The van der Waals surface area contributed by atoms with Gasteiger partial charge in [0, 0.05) is 39.4 Å². The van der Waals surface area contributed by atoms with E-state index in [1.165, 1.54) is 22.3 Å². The molecule has 0 spiro atoms. The molecular formula is C22H32N2O2. The van der Waals surface area contributed by atoms with E-state index in [9.17, 15) is 0 Å². The Morgan fingerprint density at radius 2 is 1.00 bits per heavy atom. The van der Waals surface area contributed by atoms with Crippen molar-refractivity contribution in [2.75, 3.05) is 27.4 Å². The van der Waals surface area contributed by atoms with E-state index in [2.05, 4.69) is 73.0 Å². The number of benzene rings is 2. The van der Waals surface area contributed by atoms with Crippen LogP contribution in [-0.4, -0.2) is 39.5 Å². The third-order valence-electron chi connectivity index (χ3n) is 4.38. The Hall–Kier alpha value is -1.72. The summed E-state index contributed by atoms with van der Waals surface area (Å²) in [7, 11) is 3.46. The first-order valence-corrected chi connectivity index (χ1v) is 9.25. The van der Waals surface area contributed by atoms with Gasteiger partial charge in [-0.25, -0.2) is 0 Å². The van der Waals surface area contributed by atoms with Crippen LogP contribution in [0, 0.1) is 0 Å². The third-order valence-corrected chi connectivity index (χ3v) is 4.38. The fourth-order valence-electron chi connectivity index (χ4n) is 2.83. The predicted molar refractivity (Wildman–Crippen MR) is 108 cm³/mol. The van der Waals surface area contributed by atoms with Crippen molar-refractivity contribution < 1.29 is 9.47 Å². The van der Waals surface area contributed by atoms with E-state index < -0.39 is 0 Å². The lowest BCUT2D eigenvalue weighted by Gasteiger charge is -2.13. The smallest absolute Gasteiger partial charge is 0.0613 e. The van der Waals surface area contributed by atoms with Crippen LogP contribution in [0.1, 0.15) is 25.0 Å². The molecule has 0 bridgehead atoms. The molecule has 4 nitrogen and oxygen atoms in total. The Balaban J connectivity index is 1.88. The molecule has 0 fully saturated rings. The topological polar surface area (TPSA) is 42.5 Å². The average Bonchev–Trinajstić information content (AvgIpc) is 2.66. The lowest BCUT2D eigenvalue weighted by Crippen LogP contribution is -2.29. The number of methoxy groups -OCH3 is 2. The summed E-state index contributed by atoms with van der Waals surface area (Å²) in [5.74, 6) is 0. The van der Waals surface area contributed by atoms with Crippen LogP contribution in [0.3, 0.4) is 0 Å². The van der Waals surface area contributed by atoms with Crippen molar-refractivity contribution in [1.29, 1.82) is 0 Å². The summed E-state index contributed by atoms with van der Waals surface area (Å²) in [5.41, 5.74) is 5.05. The highest BCUT2D eigenvalue weighted by Gasteiger charge is 2.03. The molecule has 2 atom stereocenters. The van der Waals surface area contributed by atoms with Gasteiger partial charge in [0.1, 0.15) is 0 Å². The summed E-state index contributed by atoms with van der Waals surface area (Å²) in [6, 6.07) is 18.2. The zero-order valence-corrected chi connectivity index (χ0v) is 16.4. The molecule has 26 heavy (non-hydrogen) atoms. The largest absolute Gasteiger partial charge is 0.383 e. The van der Waals surface area contributed by atoms with Crippen LogP contribution < -0.4 is 10.6 Å². The number of rotatable bonds is 11. The van der Waals surface area contributed by atoms with Gasteiger partial charge in [0.05, 0.1) is 13.2 Å². The molecule has 0 saturated carbocycles. The van der Waals surface area contributed by atoms with Crippen LogP contribution in [-0.2, 0) is 22.6 Å². The Kier molecular flexibility index (Phi) is 8.78. The summed E-state index contributed by atoms with van der Waals surface area (Å²) in [4.78, 5) is 0. The molecule has 0 radical (unpaired) electrons. The minimum atomic E-state index is 0.354. The standard InChI is InChI=1S/C22H32N2O2/c1-17(15-25-3)23-13-19-5-9-21(10-6-19)22-11-7-20(8-12-22)14-24-18(2)16-26-4/h5-12,17-18,23-24H,13-16H2,1-4H3. The quantitative estimate of drug-likeness (QED) is 0.646. The van der Waals surface area contributed by atoms with Gasteiger partial charge < -0.3 is 20.1 Å². The second-order valence-corrected chi connectivity index (χ2v) is 6.87. The van der Waals surface area contributed by atoms with E-state index in [4.69, 9.17) is 9.47 Å². The number of nitrogens with one attached hydrogen (secondary N) is 2. The molecule has 2 N–H and O–H groups in total. The van der Waals surface area contributed by atoms with Gasteiger partial charge in [-0.1, -0.05) is 48.5 Å². The maximum Gasteiger partial charge on any atom is 0.0613 e. The van der Waals surface area contributed by atoms with Crippen LogP contribution in [0.2, 0.25) is 0 Å². The first-order valence-electron chi connectivity index (χ1n) is 9.25. The third kappa shape index (κ3) is 6.89. The van der Waals surface area contributed by atoms with Crippen LogP contribution in [0.15, 0.2) is 48.5 Å². The monoisotopic (exact) mass is 356 g/mol. The van der Waals surface area contributed by atoms with Crippen molar-refractivity contribution in [1.82, 2.24) is 10.6 Å². The van der Waals surface area contributed by atoms with Gasteiger partial charge in [0.15, 0.2) is 0 Å². The van der Waals surface area contributed by atoms with Crippen molar-refractivity contribution in [2.45, 2.75) is 39.0 Å². The van der Waals surface area contributed by atoms with Crippen molar-refractivity contribution in [2.24, 2.45) is 0 Å². The van der Waals surface area contributed by atoms with Gasteiger partial charge >= 0.3 is 0 Å². The van der Waals surface area contributed by atoms with Crippen LogP contribution in [0.4, 0.5) is 0 Å². The van der Waals surface area contributed by atoms with Gasteiger partial charge in [-0.2, -0.15) is 0 Å². The SMILES string of the molecule is COCC(C)NCc1ccc(-c2ccc(CNC(C)COC)cc2)cc1. The van der Waals surface area contributed by atoms with Crippen molar-refractivity contribution in [3.8, 4) is 11.1 Å². The van der Waals surface area contributed by atoms with Crippen LogP contribution in [0.5, 0.6) is 0 Å². The first kappa shape index (κ1) is 20.6. The summed E-state index contributed by atoms with van der Waals surface area (Å²) in [5, 5.41) is 6.92. The van der Waals surface area contributed by atoms with Crippen molar-refractivity contribution >= 4 is 0 Å². The molecule has 0 aromatic heterocycles. The molecule has 0 amide bonds. The molecule has 0 aliphatic heterocycles. The molecule has 2 aromatic carbocycles. The average molecular weight is 357 g/mol. The maximum atomic E-state index is 5.15. The van der Waals surface area contributed by atoms with Gasteiger partial charge in [0.25, 0.3) is 0 Å². The van der Waals surface area contributed by atoms with Gasteiger partial charge in [-0.3, -0.25) is 0 Å². The second kappa shape index (κ2) is 11.1. The van der Waals surface area contributed by atoms with Crippen LogP contribution in [0.25, 0.3) is 11.1 Å². The number of hydrogen-bond donors (Lipinski definition) is 2. The fraction of sp³-hybridized carbons (Fsp3) is 0.455. The number of ether oxygens (including phenoxy) is 2. The van der Waals surface area contributed by atoms with Gasteiger partial charge in [-0.15, -0.1) is 0 Å². The minimum absolute atomic E-state index is 0.354. The molecule has 0 aliphatic rings. The van der Waals surface area contributed by atoms with Gasteiger partial charge in [0.2, 0.25) is 0 Å². The normalized spacial score (nSPS) is 13.5. The van der Waals surface area contributed by atoms with E-state index >= 15 is 0 Å². The summed E-state index contributed by atoms with van der Waals surface area (Å²) in [6.07, 6.45) is 0. The van der Waals surface area contributed by atoms with Crippen molar-refractivity contribution in [3.63, 3.8) is 0 Å². The molecule has 0 saturated heterocycles. The summed E-state index contributed by atoms with van der Waals surface area (Å²) >= 11 is 0. The van der Waals surface area contributed by atoms with E-state index in [-0.39, 0.29) is 0 Å². The van der Waals surface area contributed by atoms with Crippen LogP contribution >= 0.6 is 0 Å². The van der Waals surface area contributed by atoms with Gasteiger partial charge in [-0.05, 0) is 36.1 Å². The molecule has 0 aliphatic carbocycles. The molecule has 142 valence electrons. The Morgan fingerprint density at radius 3 is 1.31 bits per heavy atom. The van der Waals surface area contributed by atoms with Crippen molar-refractivity contribution in [3.05, 3.63) is 59.7 Å².